The number of imide groups is 1. The van der Waals surface area contributed by atoms with Gasteiger partial charge in [0.2, 0.25) is 0 Å². The zero-order valence-corrected chi connectivity index (χ0v) is 20.2. The number of nitro groups is 1. The molecule has 0 radical (unpaired) electrons. The van der Waals surface area contributed by atoms with Gasteiger partial charge in [-0.25, -0.2) is 9.59 Å². The molecule has 0 saturated carbocycles. The SMILES string of the molecule is COc1cc(C(C)OC(=O)NCCCN=[N+]=[N-])c([N+](=O)[O-])cc1OCCCC(=O)ON1C(=O)CCC1=O. The number of azide groups is 1. The number of hydroxylamine groups is 2. The summed E-state index contributed by atoms with van der Waals surface area (Å²) in [6, 6.07) is 2.43. The lowest BCUT2D eigenvalue weighted by Gasteiger charge is -2.17. The Labute approximate surface area is 210 Å². The fourth-order valence-corrected chi connectivity index (χ4v) is 3.18. The number of nitrogens with one attached hydrogen (secondary N) is 1. The van der Waals surface area contributed by atoms with Crippen LogP contribution in [0, 0.1) is 10.1 Å². The van der Waals surface area contributed by atoms with Crippen LogP contribution >= 0.6 is 0 Å². The number of benzene rings is 1. The molecule has 1 aliphatic rings. The monoisotopic (exact) mass is 522 g/mol. The topological polar surface area (TPSA) is 212 Å². The molecule has 0 spiro atoms. The fourth-order valence-electron chi connectivity index (χ4n) is 3.18. The van der Waals surface area contributed by atoms with Crippen molar-refractivity contribution in [1.82, 2.24) is 10.4 Å². The lowest BCUT2D eigenvalue weighted by molar-refractivity contribution is -0.386. The van der Waals surface area contributed by atoms with E-state index in [0.29, 0.717) is 11.5 Å². The van der Waals surface area contributed by atoms with Crippen LogP contribution in [0.4, 0.5) is 10.5 Å². The molecule has 37 heavy (non-hydrogen) atoms. The number of alkyl carbamates (subject to hydrolysis) is 1. The third-order valence-electron chi connectivity index (χ3n) is 4.98. The number of hydrogen-bond acceptors (Lipinski definition) is 11. The number of nitrogens with zero attached hydrogens (tertiary/aromatic N) is 5. The van der Waals surface area contributed by atoms with Crippen LogP contribution in [0.15, 0.2) is 17.2 Å². The molecule has 2 rings (SSSR count). The van der Waals surface area contributed by atoms with E-state index in [4.69, 9.17) is 24.6 Å². The Morgan fingerprint density at radius 3 is 2.57 bits per heavy atom. The molecular formula is C21H26N6O10. The molecule has 1 atom stereocenters. The van der Waals surface area contributed by atoms with Crippen molar-refractivity contribution in [3.63, 3.8) is 0 Å². The van der Waals surface area contributed by atoms with E-state index < -0.39 is 34.9 Å². The second kappa shape index (κ2) is 14.1. The lowest BCUT2D eigenvalue weighted by atomic mass is 10.1. The molecule has 0 bridgehead atoms. The van der Waals surface area contributed by atoms with Gasteiger partial charge < -0.3 is 24.4 Å². The summed E-state index contributed by atoms with van der Waals surface area (Å²) < 4.78 is 16.0. The maximum atomic E-state index is 12.0. The van der Waals surface area contributed by atoms with Crippen LogP contribution in [0.5, 0.6) is 11.5 Å². The van der Waals surface area contributed by atoms with Gasteiger partial charge in [-0.3, -0.25) is 19.7 Å². The van der Waals surface area contributed by atoms with Gasteiger partial charge in [-0.1, -0.05) is 5.11 Å². The standard InChI is InChI=1S/C21H26N6O10/c1-13(36-21(31)23-8-4-9-24-25-22)14-11-16(34-2)17(12-15(14)27(32)33)35-10-3-5-20(30)37-26-18(28)6-7-19(26)29/h11-13H,3-10H2,1-2H3,(H,23,31). The Kier molecular flexibility index (Phi) is 10.9. The fraction of sp³-hybridized carbons (Fsp3) is 0.524. The van der Waals surface area contributed by atoms with Crippen molar-refractivity contribution in [1.29, 1.82) is 0 Å². The van der Waals surface area contributed by atoms with E-state index in [1.54, 1.807) is 0 Å². The molecule has 1 fully saturated rings. The van der Waals surface area contributed by atoms with E-state index in [1.807, 2.05) is 0 Å². The number of nitro benzene ring substituents is 1. The van der Waals surface area contributed by atoms with Crippen LogP contribution in [0.3, 0.4) is 0 Å². The highest BCUT2D eigenvalue weighted by atomic mass is 16.7. The summed E-state index contributed by atoms with van der Waals surface area (Å²) in [5.74, 6) is -1.84. The van der Waals surface area contributed by atoms with Crippen LogP contribution < -0.4 is 14.8 Å². The summed E-state index contributed by atoms with van der Waals surface area (Å²) in [4.78, 5) is 65.2. The van der Waals surface area contributed by atoms with Crippen molar-refractivity contribution in [3.8, 4) is 11.5 Å². The molecule has 1 saturated heterocycles. The first-order chi connectivity index (χ1) is 17.7. The zero-order chi connectivity index (χ0) is 27.4. The van der Waals surface area contributed by atoms with Gasteiger partial charge in [-0.2, -0.15) is 0 Å². The van der Waals surface area contributed by atoms with Gasteiger partial charge in [-0.15, -0.1) is 5.06 Å². The molecule has 1 aromatic carbocycles. The highest BCUT2D eigenvalue weighted by Crippen LogP contribution is 2.38. The maximum absolute atomic E-state index is 12.0. The molecule has 0 aromatic heterocycles. The number of methoxy groups -OCH3 is 1. The van der Waals surface area contributed by atoms with Gasteiger partial charge in [0.1, 0.15) is 6.10 Å². The van der Waals surface area contributed by atoms with Gasteiger partial charge in [-0.05, 0) is 31.4 Å². The van der Waals surface area contributed by atoms with Crippen molar-refractivity contribution in [2.24, 2.45) is 5.11 Å². The molecule has 16 heteroatoms. The van der Waals surface area contributed by atoms with Crippen molar-refractivity contribution in [2.75, 3.05) is 26.8 Å². The molecule has 200 valence electrons. The Morgan fingerprint density at radius 1 is 1.24 bits per heavy atom. The summed E-state index contributed by atoms with van der Waals surface area (Å²) >= 11 is 0. The van der Waals surface area contributed by atoms with Gasteiger partial charge in [0.25, 0.3) is 17.5 Å². The van der Waals surface area contributed by atoms with Crippen molar-refractivity contribution in [3.05, 3.63) is 38.3 Å². The third-order valence-corrected chi connectivity index (χ3v) is 4.98. The van der Waals surface area contributed by atoms with Gasteiger partial charge in [0, 0.05) is 30.8 Å². The molecule has 16 nitrogen and oxygen atoms in total. The predicted octanol–water partition coefficient (Wildman–Crippen LogP) is 2.86. The van der Waals surface area contributed by atoms with Crippen molar-refractivity contribution >= 4 is 29.6 Å². The van der Waals surface area contributed by atoms with E-state index in [2.05, 4.69) is 15.3 Å². The molecule has 1 unspecified atom stereocenters. The number of carbonyl (C=O) groups is 4. The molecule has 1 heterocycles. The Balaban J connectivity index is 1.97. The second-order valence-electron chi connectivity index (χ2n) is 7.60. The molecular weight excluding hydrogens is 496 g/mol. The maximum Gasteiger partial charge on any atom is 0.407 e. The molecule has 3 amide bonds. The van der Waals surface area contributed by atoms with Crippen molar-refractivity contribution < 1.29 is 43.1 Å². The Bertz CT molecular complexity index is 1070. The highest BCUT2D eigenvalue weighted by Gasteiger charge is 2.32. The minimum Gasteiger partial charge on any atom is -0.493 e. The number of amides is 3. The second-order valence-corrected chi connectivity index (χ2v) is 7.60. The molecule has 1 aromatic rings. The number of ether oxygens (including phenoxy) is 3. The van der Waals surface area contributed by atoms with Crippen LogP contribution in [-0.2, 0) is 24.0 Å². The Hall–Kier alpha value is -4.59. The van der Waals surface area contributed by atoms with E-state index in [1.165, 1.54) is 20.1 Å². The summed E-state index contributed by atoms with van der Waals surface area (Å²) in [5.41, 5.74) is 7.90. The Morgan fingerprint density at radius 2 is 1.95 bits per heavy atom. The van der Waals surface area contributed by atoms with E-state index in [-0.39, 0.29) is 68.1 Å². The third kappa shape index (κ3) is 8.54. The summed E-state index contributed by atoms with van der Waals surface area (Å²) in [6.07, 6.45) is -1.54. The van der Waals surface area contributed by atoms with E-state index in [0.717, 1.165) is 6.07 Å². The summed E-state index contributed by atoms with van der Waals surface area (Å²) in [7, 11) is 1.32. The van der Waals surface area contributed by atoms with E-state index >= 15 is 0 Å². The molecule has 0 aliphatic carbocycles. The largest absolute Gasteiger partial charge is 0.493 e. The van der Waals surface area contributed by atoms with Crippen LogP contribution in [0.1, 0.15) is 50.7 Å². The van der Waals surface area contributed by atoms with Crippen LogP contribution in [-0.4, -0.2) is 60.7 Å². The van der Waals surface area contributed by atoms with E-state index in [9.17, 15) is 29.3 Å². The summed E-state index contributed by atoms with van der Waals surface area (Å²) in [6.45, 7) is 1.76. The van der Waals surface area contributed by atoms with Crippen LogP contribution in [0.2, 0.25) is 0 Å². The number of carbonyl (C=O) groups excluding carboxylic acids is 4. The van der Waals surface area contributed by atoms with Gasteiger partial charge in [0.15, 0.2) is 11.5 Å². The normalized spacial score (nSPS) is 13.4. The average Bonchev–Trinajstić information content (AvgIpc) is 3.17. The number of rotatable bonds is 14. The highest BCUT2D eigenvalue weighted by molar-refractivity contribution is 6.01. The van der Waals surface area contributed by atoms with Gasteiger partial charge >= 0.3 is 12.1 Å². The van der Waals surface area contributed by atoms with Crippen molar-refractivity contribution in [2.45, 2.75) is 45.1 Å². The quantitative estimate of drug-likeness (QED) is 0.0717. The van der Waals surface area contributed by atoms with Crippen LogP contribution in [0.25, 0.3) is 10.4 Å². The lowest BCUT2D eigenvalue weighted by Crippen LogP contribution is -2.32. The van der Waals surface area contributed by atoms with Gasteiger partial charge in [0.05, 0.1) is 36.7 Å². The minimum absolute atomic E-state index is 0.0169. The summed E-state index contributed by atoms with van der Waals surface area (Å²) in [5, 5.41) is 17.9. The number of hydrogen-bond donors (Lipinski definition) is 1. The first-order valence-electron chi connectivity index (χ1n) is 11.2. The predicted molar refractivity (Wildman–Crippen MR) is 123 cm³/mol. The average molecular weight is 522 g/mol. The molecule has 1 N–H and O–H groups in total. The first kappa shape index (κ1) is 28.6. The smallest absolute Gasteiger partial charge is 0.407 e. The zero-order valence-electron chi connectivity index (χ0n) is 20.2. The first-order valence-corrected chi connectivity index (χ1v) is 11.2. The minimum atomic E-state index is -1.02. The molecule has 1 aliphatic heterocycles.